The summed E-state index contributed by atoms with van der Waals surface area (Å²) in [5.74, 6) is -0.302. The van der Waals surface area contributed by atoms with Crippen LogP contribution in [0.1, 0.15) is 57.7 Å². The van der Waals surface area contributed by atoms with Crippen molar-refractivity contribution in [3.05, 3.63) is 35.1 Å². The predicted octanol–water partition coefficient (Wildman–Crippen LogP) is 4.12. The van der Waals surface area contributed by atoms with Crippen molar-refractivity contribution < 1.29 is 4.39 Å². The summed E-state index contributed by atoms with van der Waals surface area (Å²) >= 11 is 4.12. The Morgan fingerprint density at radius 2 is 1.90 bits per heavy atom. The molecule has 0 spiro atoms. The second kappa shape index (κ2) is 6.15. The van der Waals surface area contributed by atoms with E-state index in [1.807, 2.05) is 6.07 Å². The van der Waals surface area contributed by atoms with Crippen LogP contribution in [-0.4, -0.2) is 4.75 Å². The maximum atomic E-state index is 13.6. The Morgan fingerprint density at radius 1 is 1.40 bits per heavy atom. The van der Waals surface area contributed by atoms with Crippen LogP contribution in [0.4, 0.5) is 4.39 Å². The maximum Gasteiger partial charge on any atom is 0.128 e. The molecule has 2 nitrogen and oxygen atoms in total. The number of hydrogen-bond donors (Lipinski definition) is 2. The number of hydrogen-bond acceptors (Lipinski definition) is 3. The molecule has 0 aliphatic heterocycles. The molecule has 1 aliphatic carbocycles. The minimum absolute atomic E-state index is 0.194. The van der Waals surface area contributed by atoms with Crippen LogP contribution in [0, 0.1) is 17.1 Å². The van der Waals surface area contributed by atoms with Crippen LogP contribution in [0.15, 0.2) is 18.2 Å². The Morgan fingerprint density at radius 3 is 2.20 bits per heavy atom. The summed E-state index contributed by atoms with van der Waals surface area (Å²) in [7, 11) is 0. The molecule has 0 aromatic heterocycles. The number of rotatable bonds is 2. The van der Waals surface area contributed by atoms with E-state index in [9.17, 15) is 4.39 Å². The van der Waals surface area contributed by atoms with Crippen LogP contribution in [0.3, 0.4) is 0 Å². The zero-order valence-corrected chi connectivity index (χ0v) is 13.5. The van der Waals surface area contributed by atoms with Crippen LogP contribution in [-0.2, 0) is 5.41 Å². The van der Waals surface area contributed by atoms with Crippen LogP contribution in [0.25, 0.3) is 0 Å². The molecular formula is C16H23FN2S. The van der Waals surface area contributed by atoms with Gasteiger partial charge in [-0.3, -0.25) is 0 Å². The fourth-order valence-corrected chi connectivity index (χ4v) is 1.78. The topological polar surface area (TPSA) is 49.8 Å². The van der Waals surface area contributed by atoms with E-state index >= 15 is 0 Å². The van der Waals surface area contributed by atoms with Gasteiger partial charge in [0.25, 0.3) is 0 Å². The molecule has 1 aliphatic rings. The van der Waals surface area contributed by atoms with Crippen molar-refractivity contribution in [1.29, 1.82) is 5.26 Å². The summed E-state index contributed by atoms with van der Waals surface area (Å²) in [5, 5.41) is 8.98. The number of nitrogens with zero attached hydrogens (tertiary/aromatic N) is 1. The molecule has 4 heteroatoms. The molecule has 1 aromatic carbocycles. The normalized spacial score (nSPS) is 17.5. The van der Waals surface area contributed by atoms with Gasteiger partial charge >= 0.3 is 0 Å². The fourth-order valence-electron chi connectivity index (χ4n) is 1.78. The Hall–Kier alpha value is -1.05. The first-order valence-corrected chi connectivity index (χ1v) is 7.23. The summed E-state index contributed by atoms with van der Waals surface area (Å²) in [6.45, 7) is 7.90. The van der Waals surface area contributed by atoms with Crippen LogP contribution in [0.5, 0.6) is 0 Å². The summed E-state index contributed by atoms with van der Waals surface area (Å²) < 4.78 is 13.8. The van der Waals surface area contributed by atoms with E-state index in [1.54, 1.807) is 13.0 Å². The Bertz CT molecular complexity index is 502. The largest absolute Gasteiger partial charge is 0.324 e. The van der Waals surface area contributed by atoms with Gasteiger partial charge in [-0.1, -0.05) is 32.9 Å². The lowest BCUT2D eigenvalue weighted by Gasteiger charge is -2.11. The highest BCUT2D eigenvalue weighted by Crippen LogP contribution is 2.47. The molecule has 0 bridgehead atoms. The maximum absolute atomic E-state index is 13.6. The molecule has 1 atom stereocenters. The molecular weight excluding hydrogens is 271 g/mol. The molecule has 0 heterocycles. The van der Waals surface area contributed by atoms with Crippen molar-refractivity contribution in [3.8, 4) is 6.07 Å². The molecule has 1 unspecified atom stereocenters. The summed E-state index contributed by atoms with van der Waals surface area (Å²) in [6, 6.07) is 6.90. The highest BCUT2D eigenvalue weighted by atomic mass is 32.1. The predicted molar refractivity (Wildman–Crippen MR) is 84.3 cm³/mol. The van der Waals surface area contributed by atoms with E-state index in [2.05, 4.69) is 39.5 Å². The summed E-state index contributed by atoms with van der Waals surface area (Å²) in [6.07, 6.45) is 1.67. The van der Waals surface area contributed by atoms with Gasteiger partial charge in [0.15, 0.2) is 0 Å². The number of thiol groups is 1. The van der Waals surface area contributed by atoms with Crippen molar-refractivity contribution in [1.82, 2.24) is 0 Å². The lowest BCUT2D eigenvalue weighted by atomic mass is 9.95. The molecule has 1 fully saturated rings. The van der Waals surface area contributed by atoms with Gasteiger partial charge in [0.05, 0.1) is 11.5 Å². The Kier molecular flexibility index (Phi) is 5.23. The minimum Gasteiger partial charge on any atom is -0.324 e. The SMILES string of the molecule is CC(C)(C)S.CC(N)c1ccc(C2(C#N)CC2)cc1F. The minimum atomic E-state index is -0.419. The number of nitriles is 1. The molecule has 0 amide bonds. The van der Waals surface area contributed by atoms with Crippen molar-refractivity contribution in [2.75, 3.05) is 0 Å². The summed E-state index contributed by atoms with van der Waals surface area (Å²) in [4.78, 5) is 0. The molecule has 0 radical (unpaired) electrons. The zero-order chi connectivity index (χ0) is 15.6. The van der Waals surface area contributed by atoms with E-state index in [1.165, 1.54) is 6.07 Å². The highest BCUT2D eigenvalue weighted by molar-refractivity contribution is 7.81. The lowest BCUT2D eigenvalue weighted by Crippen LogP contribution is -2.10. The van der Waals surface area contributed by atoms with Gasteiger partial charge in [0, 0.05) is 16.4 Å². The number of benzene rings is 1. The second-order valence-electron chi connectivity index (χ2n) is 6.39. The van der Waals surface area contributed by atoms with E-state index < -0.39 is 5.41 Å². The van der Waals surface area contributed by atoms with Crippen LogP contribution >= 0.6 is 12.6 Å². The molecule has 2 rings (SSSR count). The molecule has 1 aromatic rings. The zero-order valence-electron chi connectivity index (χ0n) is 12.6. The van der Waals surface area contributed by atoms with Gasteiger partial charge in [-0.15, -0.1) is 0 Å². The van der Waals surface area contributed by atoms with Gasteiger partial charge in [0.2, 0.25) is 0 Å². The lowest BCUT2D eigenvalue weighted by molar-refractivity contribution is 0.590. The first-order valence-electron chi connectivity index (χ1n) is 6.78. The smallest absolute Gasteiger partial charge is 0.128 e. The van der Waals surface area contributed by atoms with Crippen molar-refractivity contribution in [3.63, 3.8) is 0 Å². The first-order chi connectivity index (χ1) is 9.09. The van der Waals surface area contributed by atoms with Gasteiger partial charge in [-0.25, -0.2) is 4.39 Å². The van der Waals surface area contributed by atoms with Crippen molar-refractivity contribution >= 4 is 12.6 Å². The van der Waals surface area contributed by atoms with E-state index in [4.69, 9.17) is 11.0 Å². The quantitative estimate of drug-likeness (QED) is 0.806. The molecule has 0 saturated heterocycles. The second-order valence-corrected chi connectivity index (χ2v) is 7.73. The van der Waals surface area contributed by atoms with E-state index in [0.717, 1.165) is 18.4 Å². The van der Waals surface area contributed by atoms with Gasteiger partial charge in [-0.05, 0) is 31.4 Å². The molecule has 1 saturated carbocycles. The molecule has 110 valence electrons. The highest BCUT2D eigenvalue weighted by Gasteiger charge is 2.45. The van der Waals surface area contributed by atoms with Gasteiger partial charge < -0.3 is 5.73 Å². The van der Waals surface area contributed by atoms with E-state index in [-0.39, 0.29) is 16.6 Å². The van der Waals surface area contributed by atoms with Crippen LogP contribution in [0.2, 0.25) is 0 Å². The Balaban J connectivity index is 0.000000347. The number of nitrogens with two attached hydrogens (primary N) is 1. The third-order valence-corrected chi connectivity index (χ3v) is 3.01. The fraction of sp³-hybridized carbons (Fsp3) is 0.562. The first kappa shape index (κ1) is 17.0. The van der Waals surface area contributed by atoms with E-state index in [0.29, 0.717) is 5.56 Å². The van der Waals surface area contributed by atoms with Crippen molar-refractivity contribution in [2.45, 2.75) is 56.7 Å². The van der Waals surface area contributed by atoms with Crippen molar-refractivity contribution in [2.24, 2.45) is 5.73 Å². The standard InChI is InChI=1S/C12H13FN2.C4H10S/c1-8(15)10-3-2-9(6-11(10)13)12(7-14)4-5-12;1-4(2,3)5/h2-3,6,8H,4-5,15H2,1H3;5H,1-3H3. The Labute approximate surface area is 126 Å². The summed E-state index contributed by atoms with van der Waals surface area (Å²) in [5.41, 5.74) is 6.49. The average Bonchev–Trinajstić information content (AvgIpc) is 3.06. The molecule has 2 N–H and O–H groups in total. The average molecular weight is 294 g/mol. The third kappa shape index (κ3) is 4.81. The monoisotopic (exact) mass is 294 g/mol. The molecule has 20 heavy (non-hydrogen) atoms. The number of halogens is 1. The van der Waals surface area contributed by atoms with Crippen LogP contribution < -0.4 is 5.73 Å². The van der Waals surface area contributed by atoms with Gasteiger partial charge in [-0.2, -0.15) is 17.9 Å². The third-order valence-electron chi connectivity index (χ3n) is 3.01. The van der Waals surface area contributed by atoms with Gasteiger partial charge in [0.1, 0.15) is 5.82 Å².